The summed E-state index contributed by atoms with van der Waals surface area (Å²) in [5.41, 5.74) is -27.6. The molecule has 34 heavy (non-hydrogen) atoms. The quantitative estimate of drug-likeness (QED) is 0.303. The second-order valence-corrected chi connectivity index (χ2v) is 8.31. The van der Waals surface area contributed by atoms with Gasteiger partial charge in [-0.25, -0.2) is 61.5 Å². The summed E-state index contributed by atoms with van der Waals surface area (Å²) in [5.74, 6) is -43.4. The Labute approximate surface area is 180 Å². The van der Waals surface area contributed by atoms with Crippen molar-refractivity contribution < 1.29 is 74.6 Å². The number of hydrogen-bond donors (Lipinski definition) is 0. The summed E-state index contributed by atoms with van der Waals surface area (Å²) in [6.45, 7) is -14.1. The van der Waals surface area contributed by atoms with Crippen molar-refractivity contribution >= 4 is 0 Å². The molecule has 0 spiro atoms. The third-order valence-corrected chi connectivity index (χ3v) is 6.63. The summed E-state index contributed by atoms with van der Waals surface area (Å²) in [5, 5.41) is 0. The largest absolute Gasteiger partial charge is 0.338 e. The third-order valence-electron chi connectivity index (χ3n) is 6.63. The maximum Gasteiger partial charge on any atom is 0.338 e. The van der Waals surface area contributed by atoms with Gasteiger partial charge in [-0.05, 0) is 6.42 Å². The van der Waals surface area contributed by atoms with Gasteiger partial charge < -0.3 is 0 Å². The predicted octanol–water partition coefficient (Wildman–Crippen LogP) is 7.56. The molecule has 0 bridgehead atoms. The molecule has 0 aliphatic heterocycles. The van der Waals surface area contributed by atoms with E-state index in [-0.39, 0.29) is 6.92 Å². The van der Waals surface area contributed by atoms with E-state index >= 15 is 35.1 Å². The Hall–Kier alpha value is -1.19. The lowest BCUT2D eigenvalue weighted by atomic mass is 9.51. The van der Waals surface area contributed by atoms with Gasteiger partial charge in [-0.3, -0.25) is 4.39 Å². The highest BCUT2D eigenvalue weighted by molar-refractivity contribution is 5.34. The highest BCUT2D eigenvalue weighted by Crippen LogP contribution is 2.76. The van der Waals surface area contributed by atoms with Crippen molar-refractivity contribution in [1.82, 2.24) is 0 Å². The van der Waals surface area contributed by atoms with Crippen molar-refractivity contribution in [3.8, 4) is 0 Å². The summed E-state index contributed by atoms with van der Waals surface area (Å²) in [6, 6.07) is 0. The zero-order chi connectivity index (χ0) is 27.8. The van der Waals surface area contributed by atoms with Gasteiger partial charge in [-0.2, -0.15) is 8.78 Å². The molecule has 0 saturated heterocycles. The summed E-state index contributed by atoms with van der Waals surface area (Å²) < 4.78 is 248. The molecule has 0 radical (unpaired) electrons. The van der Waals surface area contributed by atoms with Crippen LogP contribution in [0.1, 0.15) is 27.2 Å². The zero-order valence-electron chi connectivity index (χ0n) is 17.3. The number of halogens is 17. The molecule has 0 aromatic rings. The van der Waals surface area contributed by atoms with Crippen LogP contribution in [0.25, 0.3) is 0 Å². The average molecular weight is 544 g/mol. The number of hydrogen-bond acceptors (Lipinski definition) is 0. The first-order chi connectivity index (χ1) is 14.7. The van der Waals surface area contributed by atoms with E-state index in [0.717, 1.165) is 0 Å². The minimum absolute atomic E-state index is 0.0775. The topological polar surface area (TPSA) is 0 Å². The molecule has 0 aromatic heterocycles. The molecular formula is C17H17F17. The van der Waals surface area contributed by atoms with E-state index in [2.05, 4.69) is 0 Å². The van der Waals surface area contributed by atoms with Gasteiger partial charge in [0.1, 0.15) is 25.4 Å². The van der Waals surface area contributed by atoms with Gasteiger partial charge in [0.05, 0.1) is 0 Å². The highest BCUT2D eigenvalue weighted by Gasteiger charge is 3.02. The molecule has 0 N–H and O–H groups in total. The molecule has 17 heteroatoms. The smallest absolute Gasteiger partial charge is 0.250 e. The first-order valence-corrected chi connectivity index (χ1v) is 9.07. The second-order valence-electron chi connectivity index (χ2n) is 8.31. The van der Waals surface area contributed by atoms with Crippen LogP contribution >= 0.6 is 0 Å². The Kier molecular flexibility index (Phi) is 6.94. The van der Waals surface area contributed by atoms with E-state index in [1.807, 2.05) is 0 Å². The molecule has 1 aliphatic carbocycles. The fourth-order valence-corrected chi connectivity index (χ4v) is 4.32. The van der Waals surface area contributed by atoms with Crippen LogP contribution in [0, 0.1) is 10.8 Å². The standard InChI is InChI=1S/C17H17F17/c1-4-10(5-18)14(27,28)11(6-19,7-20)16(31,32)13(26,9(3,23)24)17(33,34)12(25,8(2,21)22)15(10,29)30/h4-7H2,1-3H3. The minimum Gasteiger partial charge on any atom is -0.250 e. The van der Waals surface area contributed by atoms with Crippen LogP contribution in [0.2, 0.25) is 0 Å². The summed E-state index contributed by atoms with van der Waals surface area (Å²) in [7, 11) is 0. The SMILES string of the molecule is CCC1(CF)C(F)(F)C(CF)(CF)C(F)(F)C(F)(C(C)(F)F)C(F)(F)C(F)(C(C)(F)F)C1(F)F. The van der Waals surface area contributed by atoms with Crippen LogP contribution in [0.3, 0.4) is 0 Å². The Balaban J connectivity index is 4.77. The van der Waals surface area contributed by atoms with E-state index in [0.29, 0.717) is 0 Å². The molecule has 1 rings (SSSR count). The Bertz CT molecular complexity index is 695. The van der Waals surface area contributed by atoms with Gasteiger partial charge >= 0.3 is 29.1 Å². The normalized spacial score (nSPS) is 37.1. The first-order valence-electron chi connectivity index (χ1n) is 9.07. The van der Waals surface area contributed by atoms with Crippen molar-refractivity contribution in [1.29, 1.82) is 0 Å². The van der Waals surface area contributed by atoms with Crippen LogP contribution in [0.4, 0.5) is 74.6 Å². The minimum atomic E-state index is -8.09. The Morgan fingerprint density at radius 3 is 0.941 bits per heavy atom. The van der Waals surface area contributed by atoms with Crippen molar-refractivity contribution in [2.75, 3.05) is 20.0 Å². The maximum absolute atomic E-state index is 15.3. The fourth-order valence-electron chi connectivity index (χ4n) is 4.32. The monoisotopic (exact) mass is 544 g/mol. The molecule has 1 saturated carbocycles. The second kappa shape index (κ2) is 7.65. The molecular weight excluding hydrogens is 527 g/mol. The molecule has 0 aromatic carbocycles. The van der Waals surface area contributed by atoms with Crippen LogP contribution in [-0.2, 0) is 0 Å². The lowest BCUT2D eigenvalue weighted by Gasteiger charge is -2.62. The maximum atomic E-state index is 15.3. The molecule has 0 amide bonds. The average Bonchev–Trinajstić information content (AvgIpc) is 2.65. The lowest BCUT2D eigenvalue weighted by Crippen LogP contribution is -2.89. The number of alkyl halides is 17. The summed E-state index contributed by atoms with van der Waals surface area (Å²) >= 11 is 0. The lowest BCUT2D eigenvalue weighted by molar-refractivity contribution is -0.478. The van der Waals surface area contributed by atoms with E-state index < -0.39 is 98.0 Å². The third kappa shape index (κ3) is 2.69. The summed E-state index contributed by atoms with van der Waals surface area (Å²) in [6.07, 6.45) is -2.53. The van der Waals surface area contributed by atoms with Crippen molar-refractivity contribution in [2.45, 2.75) is 74.1 Å². The molecule has 0 nitrogen and oxygen atoms in total. The van der Waals surface area contributed by atoms with Crippen LogP contribution in [0.5, 0.6) is 0 Å². The van der Waals surface area contributed by atoms with E-state index in [9.17, 15) is 39.5 Å². The highest BCUT2D eigenvalue weighted by atomic mass is 19.3. The van der Waals surface area contributed by atoms with E-state index in [1.54, 1.807) is 0 Å². The molecule has 0 heterocycles. The fraction of sp³-hybridized carbons (Fsp3) is 1.00. The van der Waals surface area contributed by atoms with Crippen LogP contribution < -0.4 is 0 Å². The molecule has 1 aliphatic rings. The van der Waals surface area contributed by atoms with Crippen LogP contribution in [0.15, 0.2) is 0 Å². The van der Waals surface area contributed by atoms with E-state index in [4.69, 9.17) is 0 Å². The van der Waals surface area contributed by atoms with Gasteiger partial charge in [0.15, 0.2) is 5.41 Å². The van der Waals surface area contributed by atoms with Gasteiger partial charge in [-0.1, -0.05) is 6.92 Å². The van der Waals surface area contributed by atoms with Gasteiger partial charge in [0.25, 0.3) is 17.8 Å². The first kappa shape index (κ1) is 30.8. The Morgan fingerprint density at radius 2 is 0.735 bits per heavy atom. The molecule has 3 unspecified atom stereocenters. The van der Waals surface area contributed by atoms with Gasteiger partial charge in [-0.15, -0.1) is 0 Å². The summed E-state index contributed by atoms with van der Waals surface area (Å²) in [4.78, 5) is 0. The van der Waals surface area contributed by atoms with Crippen molar-refractivity contribution in [2.24, 2.45) is 10.8 Å². The van der Waals surface area contributed by atoms with Crippen molar-refractivity contribution in [3.63, 3.8) is 0 Å². The molecule has 204 valence electrons. The zero-order valence-corrected chi connectivity index (χ0v) is 17.3. The Morgan fingerprint density at radius 1 is 0.471 bits per heavy atom. The van der Waals surface area contributed by atoms with Crippen LogP contribution in [-0.4, -0.2) is 66.9 Å². The van der Waals surface area contributed by atoms with Gasteiger partial charge in [0.2, 0.25) is 0 Å². The molecule has 3 atom stereocenters. The van der Waals surface area contributed by atoms with Crippen molar-refractivity contribution in [3.05, 3.63) is 0 Å². The predicted molar refractivity (Wildman–Crippen MR) is 81.8 cm³/mol. The van der Waals surface area contributed by atoms with E-state index in [1.165, 1.54) is 0 Å². The molecule has 1 fully saturated rings. The van der Waals surface area contributed by atoms with Gasteiger partial charge in [0, 0.05) is 13.8 Å². The number of rotatable bonds is 6.